The Kier molecular flexibility index (Phi) is 4.79. The van der Waals surface area contributed by atoms with Gasteiger partial charge in [-0.2, -0.15) is 0 Å². The summed E-state index contributed by atoms with van der Waals surface area (Å²) in [6, 6.07) is 9.39. The molecule has 0 radical (unpaired) electrons. The fraction of sp³-hybridized carbons (Fsp3) is 0.0556. The average Bonchev–Trinajstić information content (AvgIpc) is 3.06. The predicted molar refractivity (Wildman–Crippen MR) is 109 cm³/mol. The van der Waals surface area contributed by atoms with Crippen LogP contribution in [-0.2, 0) is 6.61 Å². The lowest BCUT2D eigenvalue weighted by atomic mass is 10.1. The Balaban J connectivity index is 1.71. The maximum atomic E-state index is 9.15. The molecule has 26 heavy (non-hydrogen) atoms. The zero-order valence-corrected chi connectivity index (χ0v) is 17.1. The molecular weight excluding hydrogens is 483 g/mol. The number of hydrogen-bond donors (Lipinski definition) is 2. The van der Waals surface area contributed by atoms with Gasteiger partial charge in [0.15, 0.2) is 5.82 Å². The fourth-order valence-corrected chi connectivity index (χ4v) is 4.23. The van der Waals surface area contributed by atoms with Gasteiger partial charge in [-0.3, -0.25) is 9.97 Å². The Hall–Kier alpha value is -1.80. The van der Waals surface area contributed by atoms with Gasteiger partial charge in [-0.1, -0.05) is 27.5 Å². The molecule has 1 aromatic carbocycles. The standard InChI is InChI=1S/C18H11Br2ClN4O/c19-11-4-12(20)17-15(5-11)24-18(25-17)14-2-1-10(7-22-14)16-13(21)3-9(8-26)6-23-16/h1-7,26H,8H2,(H,24,25). The number of benzene rings is 1. The number of pyridine rings is 2. The first-order chi connectivity index (χ1) is 12.5. The highest BCUT2D eigenvalue weighted by atomic mass is 79.9. The summed E-state index contributed by atoms with van der Waals surface area (Å²) in [5.74, 6) is 0.681. The van der Waals surface area contributed by atoms with Crippen LogP contribution in [0.3, 0.4) is 0 Å². The third-order valence-electron chi connectivity index (χ3n) is 3.86. The number of hydrogen-bond acceptors (Lipinski definition) is 4. The smallest absolute Gasteiger partial charge is 0.157 e. The molecule has 0 spiro atoms. The number of aliphatic hydroxyl groups is 1. The molecule has 0 saturated heterocycles. The molecular formula is C18H11Br2ClN4O. The van der Waals surface area contributed by atoms with Gasteiger partial charge < -0.3 is 10.1 Å². The zero-order valence-electron chi connectivity index (χ0n) is 13.2. The second-order valence-electron chi connectivity index (χ2n) is 5.63. The van der Waals surface area contributed by atoms with Crippen molar-refractivity contribution < 1.29 is 5.11 Å². The summed E-state index contributed by atoms with van der Waals surface area (Å²) in [5, 5.41) is 9.63. The third-order valence-corrected chi connectivity index (χ3v) is 5.22. The number of nitrogens with zero attached hydrogens (tertiary/aromatic N) is 3. The first-order valence-corrected chi connectivity index (χ1v) is 9.58. The van der Waals surface area contributed by atoms with Crippen LogP contribution in [0.5, 0.6) is 0 Å². The molecule has 0 aliphatic carbocycles. The summed E-state index contributed by atoms with van der Waals surface area (Å²) >= 11 is 13.2. The van der Waals surface area contributed by atoms with E-state index in [9.17, 15) is 0 Å². The van der Waals surface area contributed by atoms with E-state index in [4.69, 9.17) is 16.7 Å². The molecule has 0 bridgehead atoms. The number of rotatable bonds is 3. The molecule has 2 N–H and O–H groups in total. The van der Waals surface area contributed by atoms with E-state index in [2.05, 4.69) is 51.8 Å². The molecule has 130 valence electrons. The van der Waals surface area contributed by atoms with Crippen molar-refractivity contribution >= 4 is 54.5 Å². The first-order valence-electron chi connectivity index (χ1n) is 7.62. The second-order valence-corrected chi connectivity index (χ2v) is 7.81. The van der Waals surface area contributed by atoms with Crippen LogP contribution < -0.4 is 0 Å². The molecule has 4 aromatic rings. The van der Waals surface area contributed by atoms with Crippen LogP contribution in [0.1, 0.15) is 5.56 Å². The van der Waals surface area contributed by atoms with Crippen molar-refractivity contribution in [3.63, 3.8) is 0 Å². The van der Waals surface area contributed by atoms with Gasteiger partial charge in [0, 0.05) is 26.9 Å². The van der Waals surface area contributed by atoms with Gasteiger partial charge in [-0.15, -0.1) is 0 Å². The number of aliphatic hydroxyl groups excluding tert-OH is 1. The van der Waals surface area contributed by atoms with Crippen LogP contribution in [0.25, 0.3) is 33.8 Å². The molecule has 0 aliphatic heterocycles. The van der Waals surface area contributed by atoms with E-state index in [-0.39, 0.29) is 6.61 Å². The fourth-order valence-electron chi connectivity index (χ4n) is 2.61. The molecule has 0 fully saturated rings. The normalized spacial score (nSPS) is 11.2. The second kappa shape index (κ2) is 7.08. The van der Waals surface area contributed by atoms with E-state index in [1.807, 2.05) is 24.3 Å². The molecule has 5 nitrogen and oxygen atoms in total. The monoisotopic (exact) mass is 492 g/mol. The van der Waals surface area contributed by atoms with Crippen molar-refractivity contribution in [3.05, 3.63) is 62.3 Å². The molecule has 0 amide bonds. The van der Waals surface area contributed by atoms with Gasteiger partial charge in [-0.05, 0) is 51.8 Å². The van der Waals surface area contributed by atoms with E-state index in [0.29, 0.717) is 22.1 Å². The van der Waals surface area contributed by atoms with Gasteiger partial charge in [0.2, 0.25) is 0 Å². The van der Waals surface area contributed by atoms with Gasteiger partial charge >= 0.3 is 0 Å². The maximum Gasteiger partial charge on any atom is 0.157 e. The number of fused-ring (bicyclic) bond motifs is 1. The average molecular weight is 495 g/mol. The van der Waals surface area contributed by atoms with Crippen molar-refractivity contribution in [3.8, 4) is 22.8 Å². The van der Waals surface area contributed by atoms with Crippen LogP contribution in [0.15, 0.2) is 51.7 Å². The highest BCUT2D eigenvalue weighted by molar-refractivity contribution is 9.11. The molecule has 0 atom stereocenters. The van der Waals surface area contributed by atoms with Crippen LogP contribution in [-0.4, -0.2) is 25.0 Å². The zero-order chi connectivity index (χ0) is 18.3. The first kappa shape index (κ1) is 17.6. The van der Waals surface area contributed by atoms with Gasteiger partial charge in [0.1, 0.15) is 11.2 Å². The minimum absolute atomic E-state index is 0.0953. The number of aromatic amines is 1. The van der Waals surface area contributed by atoms with E-state index in [0.717, 1.165) is 31.2 Å². The summed E-state index contributed by atoms with van der Waals surface area (Å²) in [6.07, 6.45) is 3.31. The molecule has 4 rings (SSSR count). The summed E-state index contributed by atoms with van der Waals surface area (Å²) in [6.45, 7) is -0.0953. The lowest BCUT2D eigenvalue weighted by Crippen LogP contribution is -1.92. The summed E-state index contributed by atoms with van der Waals surface area (Å²) < 4.78 is 1.86. The van der Waals surface area contributed by atoms with E-state index >= 15 is 0 Å². The van der Waals surface area contributed by atoms with Crippen LogP contribution in [0, 0.1) is 0 Å². The Bertz CT molecular complexity index is 1110. The largest absolute Gasteiger partial charge is 0.392 e. The SMILES string of the molecule is OCc1cnc(-c2ccc(-c3nc4c(Br)cc(Br)cc4[nH]3)nc2)c(Cl)c1. The number of nitrogens with one attached hydrogen (secondary N) is 1. The molecule has 3 aromatic heterocycles. The number of aromatic nitrogens is 4. The highest BCUT2D eigenvalue weighted by Gasteiger charge is 2.12. The lowest BCUT2D eigenvalue weighted by molar-refractivity contribution is 0.281. The molecule has 3 heterocycles. The minimum atomic E-state index is -0.0953. The molecule has 0 saturated carbocycles. The van der Waals surface area contributed by atoms with E-state index in [1.54, 1.807) is 18.5 Å². The number of halogens is 3. The Morgan fingerprint density at radius 3 is 2.62 bits per heavy atom. The van der Waals surface area contributed by atoms with Gasteiger partial charge in [0.05, 0.1) is 22.8 Å². The summed E-state index contributed by atoms with van der Waals surface area (Å²) in [4.78, 5) is 16.7. The van der Waals surface area contributed by atoms with Crippen LogP contribution in [0.2, 0.25) is 5.02 Å². The van der Waals surface area contributed by atoms with Crippen molar-refractivity contribution in [1.29, 1.82) is 0 Å². The van der Waals surface area contributed by atoms with Crippen molar-refractivity contribution in [2.24, 2.45) is 0 Å². The quantitative estimate of drug-likeness (QED) is 0.402. The lowest BCUT2D eigenvalue weighted by Gasteiger charge is -2.05. The topological polar surface area (TPSA) is 74.7 Å². The van der Waals surface area contributed by atoms with Crippen molar-refractivity contribution in [2.45, 2.75) is 6.61 Å². The molecule has 0 aliphatic rings. The Morgan fingerprint density at radius 1 is 1.08 bits per heavy atom. The van der Waals surface area contributed by atoms with Crippen LogP contribution in [0.4, 0.5) is 0 Å². The molecule has 0 unspecified atom stereocenters. The van der Waals surface area contributed by atoms with Gasteiger partial charge in [0.25, 0.3) is 0 Å². The molecule has 8 heteroatoms. The number of imidazole rings is 1. The van der Waals surface area contributed by atoms with Crippen LogP contribution >= 0.6 is 43.5 Å². The predicted octanol–water partition coefficient (Wildman–Crippen LogP) is 5.36. The van der Waals surface area contributed by atoms with Gasteiger partial charge in [-0.25, -0.2) is 4.98 Å². The van der Waals surface area contributed by atoms with E-state index < -0.39 is 0 Å². The Morgan fingerprint density at radius 2 is 1.92 bits per heavy atom. The van der Waals surface area contributed by atoms with Crippen molar-refractivity contribution in [1.82, 2.24) is 19.9 Å². The third kappa shape index (κ3) is 3.27. The maximum absolute atomic E-state index is 9.15. The number of H-pyrrole nitrogens is 1. The van der Waals surface area contributed by atoms with Crippen molar-refractivity contribution in [2.75, 3.05) is 0 Å². The highest BCUT2D eigenvalue weighted by Crippen LogP contribution is 2.30. The summed E-state index contributed by atoms with van der Waals surface area (Å²) in [5.41, 5.74) is 4.57. The summed E-state index contributed by atoms with van der Waals surface area (Å²) in [7, 11) is 0. The minimum Gasteiger partial charge on any atom is -0.392 e. The van der Waals surface area contributed by atoms with E-state index in [1.165, 1.54) is 0 Å². The Labute approximate surface area is 170 Å².